The van der Waals surface area contributed by atoms with Crippen molar-refractivity contribution in [2.45, 2.75) is 20.0 Å². The van der Waals surface area contributed by atoms with Crippen LogP contribution in [-0.4, -0.2) is 34.0 Å². The molecule has 3 heterocycles. The average Bonchev–Trinajstić information content (AvgIpc) is 3.05. The Bertz CT molecular complexity index is 921. The van der Waals surface area contributed by atoms with Gasteiger partial charge in [-0.25, -0.2) is 9.55 Å². The molecule has 0 aliphatic heterocycles. The highest BCUT2D eigenvalue weighted by Gasteiger charge is 2.19. The molecule has 0 spiro atoms. The SMILES string of the molecule is Cc1cnc([N+](=O)[O-])n1CCn1c(N)nc2[nH]cnc2c1=O. The van der Waals surface area contributed by atoms with Crippen LogP contribution >= 0.6 is 0 Å². The fourth-order valence-corrected chi connectivity index (χ4v) is 2.22. The molecule has 0 radical (unpaired) electrons. The predicted molar refractivity (Wildman–Crippen MR) is 76.2 cm³/mol. The molecule has 0 saturated heterocycles. The van der Waals surface area contributed by atoms with Gasteiger partial charge in [0.1, 0.15) is 11.9 Å². The van der Waals surface area contributed by atoms with Crippen molar-refractivity contribution < 1.29 is 4.92 Å². The van der Waals surface area contributed by atoms with E-state index < -0.39 is 10.5 Å². The number of aromatic nitrogens is 6. The monoisotopic (exact) mass is 304 g/mol. The van der Waals surface area contributed by atoms with Crippen LogP contribution in [0.2, 0.25) is 0 Å². The van der Waals surface area contributed by atoms with Gasteiger partial charge in [-0.2, -0.15) is 4.98 Å². The highest BCUT2D eigenvalue weighted by atomic mass is 16.6. The van der Waals surface area contributed by atoms with Crippen LogP contribution in [0.25, 0.3) is 11.2 Å². The Morgan fingerprint density at radius 3 is 2.82 bits per heavy atom. The molecule has 11 nitrogen and oxygen atoms in total. The number of hydrogen-bond acceptors (Lipinski definition) is 7. The molecule has 0 amide bonds. The molecule has 0 fully saturated rings. The van der Waals surface area contributed by atoms with Crippen molar-refractivity contribution in [2.75, 3.05) is 5.73 Å². The number of aromatic amines is 1. The summed E-state index contributed by atoms with van der Waals surface area (Å²) < 4.78 is 2.63. The van der Waals surface area contributed by atoms with Crippen LogP contribution in [0.1, 0.15) is 5.69 Å². The highest BCUT2D eigenvalue weighted by Crippen LogP contribution is 2.13. The molecule has 3 rings (SSSR count). The summed E-state index contributed by atoms with van der Waals surface area (Å²) in [5, 5.41) is 10.9. The average molecular weight is 304 g/mol. The third-order valence-electron chi connectivity index (χ3n) is 3.31. The second kappa shape index (κ2) is 4.95. The summed E-state index contributed by atoms with van der Waals surface area (Å²) >= 11 is 0. The normalized spacial score (nSPS) is 11.1. The summed E-state index contributed by atoms with van der Waals surface area (Å²) in [6, 6.07) is 0. The number of nitro groups is 1. The van der Waals surface area contributed by atoms with Gasteiger partial charge in [-0.1, -0.05) is 4.98 Å². The summed E-state index contributed by atoms with van der Waals surface area (Å²) in [7, 11) is 0. The number of anilines is 1. The fourth-order valence-electron chi connectivity index (χ4n) is 2.22. The van der Waals surface area contributed by atoms with Crippen molar-refractivity contribution in [3.05, 3.63) is 38.7 Å². The zero-order valence-corrected chi connectivity index (χ0v) is 11.6. The maximum absolute atomic E-state index is 12.3. The van der Waals surface area contributed by atoms with Gasteiger partial charge in [0.05, 0.1) is 19.4 Å². The number of hydrogen-bond donors (Lipinski definition) is 2. The molecule has 11 heteroatoms. The molecule has 22 heavy (non-hydrogen) atoms. The summed E-state index contributed by atoms with van der Waals surface area (Å²) in [4.78, 5) is 37.0. The Morgan fingerprint density at radius 2 is 2.09 bits per heavy atom. The summed E-state index contributed by atoms with van der Waals surface area (Å²) in [6.45, 7) is 1.99. The number of H-pyrrole nitrogens is 1. The quantitative estimate of drug-likeness (QED) is 0.501. The molecule has 0 aliphatic rings. The smallest absolute Gasteiger partial charge is 0.390 e. The number of nitrogens with zero attached hydrogens (tertiary/aromatic N) is 6. The molecule has 0 saturated carbocycles. The van der Waals surface area contributed by atoms with Crippen LogP contribution in [0.15, 0.2) is 17.3 Å². The lowest BCUT2D eigenvalue weighted by atomic mass is 10.4. The van der Waals surface area contributed by atoms with Crippen LogP contribution < -0.4 is 11.3 Å². The minimum absolute atomic E-state index is 0.0159. The van der Waals surface area contributed by atoms with Gasteiger partial charge in [-0.15, -0.1) is 0 Å². The molecular weight excluding hydrogens is 292 g/mol. The first-order valence-corrected chi connectivity index (χ1v) is 6.35. The lowest BCUT2D eigenvalue weighted by Crippen LogP contribution is -2.27. The van der Waals surface area contributed by atoms with E-state index in [9.17, 15) is 14.9 Å². The van der Waals surface area contributed by atoms with Crippen molar-refractivity contribution >= 4 is 23.1 Å². The van der Waals surface area contributed by atoms with Gasteiger partial charge < -0.3 is 20.8 Å². The molecule has 3 aromatic heterocycles. The lowest BCUT2D eigenvalue weighted by molar-refractivity contribution is -0.396. The maximum atomic E-state index is 12.3. The molecule has 3 aromatic rings. The van der Waals surface area contributed by atoms with Crippen LogP contribution in [0.5, 0.6) is 0 Å². The van der Waals surface area contributed by atoms with Gasteiger partial charge in [0.2, 0.25) is 5.95 Å². The van der Waals surface area contributed by atoms with E-state index in [0.29, 0.717) is 11.3 Å². The molecule has 114 valence electrons. The first-order valence-electron chi connectivity index (χ1n) is 6.35. The topological polar surface area (TPSA) is 151 Å². The number of nitrogens with one attached hydrogen (secondary N) is 1. The van der Waals surface area contributed by atoms with Gasteiger partial charge in [-0.05, 0) is 11.8 Å². The molecule has 0 aliphatic carbocycles. The van der Waals surface area contributed by atoms with E-state index in [1.165, 1.54) is 21.7 Å². The second-order valence-corrected chi connectivity index (χ2v) is 4.63. The minimum atomic E-state index is -0.575. The van der Waals surface area contributed by atoms with Crippen LogP contribution in [0.4, 0.5) is 11.9 Å². The zero-order chi connectivity index (χ0) is 15.9. The second-order valence-electron chi connectivity index (χ2n) is 4.63. The van der Waals surface area contributed by atoms with Gasteiger partial charge in [-0.3, -0.25) is 9.36 Å². The molecule has 0 bridgehead atoms. The molecule has 0 unspecified atom stereocenters. The highest BCUT2D eigenvalue weighted by molar-refractivity contribution is 5.69. The minimum Gasteiger partial charge on any atom is -0.390 e. The van der Waals surface area contributed by atoms with Crippen molar-refractivity contribution in [3.8, 4) is 0 Å². The Kier molecular flexibility index (Phi) is 3.09. The number of aryl methyl sites for hydroxylation is 1. The molecule has 3 N–H and O–H groups in total. The number of fused-ring (bicyclic) bond motifs is 1. The first kappa shape index (κ1) is 13.7. The van der Waals surface area contributed by atoms with Crippen LogP contribution in [0, 0.1) is 17.0 Å². The van der Waals surface area contributed by atoms with Crippen molar-refractivity contribution in [2.24, 2.45) is 0 Å². The van der Waals surface area contributed by atoms with E-state index in [2.05, 4.69) is 19.9 Å². The van der Waals surface area contributed by atoms with E-state index >= 15 is 0 Å². The standard InChI is InChI=1S/C11H12N8O3/c1-6-4-13-11(19(21)22)17(6)2-3-18-9(20)7-8(15-5-14-7)16-10(18)12/h4-5H,2-3H2,1H3,(H2,12,16)(H,14,15). The molecule has 0 aromatic carbocycles. The number of imidazole rings is 2. The van der Waals surface area contributed by atoms with Gasteiger partial charge in [0.25, 0.3) is 5.56 Å². The van der Waals surface area contributed by atoms with Crippen LogP contribution in [0.3, 0.4) is 0 Å². The summed E-state index contributed by atoms with van der Waals surface area (Å²) in [5.41, 5.74) is 6.47. The van der Waals surface area contributed by atoms with Crippen molar-refractivity contribution in [1.82, 2.24) is 29.1 Å². The third-order valence-corrected chi connectivity index (χ3v) is 3.31. The van der Waals surface area contributed by atoms with E-state index in [1.807, 2.05) is 0 Å². The van der Waals surface area contributed by atoms with Crippen molar-refractivity contribution in [1.29, 1.82) is 0 Å². The van der Waals surface area contributed by atoms with E-state index in [-0.39, 0.29) is 30.5 Å². The van der Waals surface area contributed by atoms with Gasteiger partial charge in [0, 0.05) is 0 Å². The Morgan fingerprint density at radius 1 is 1.36 bits per heavy atom. The van der Waals surface area contributed by atoms with Gasteiger partial charge in [0.15, 0.2) is 11.2 Å². The third kappa shape index (κ3) is 2.08. The van der Waals surface area contributed by atoms with E-state index in [1.54, 1.807) is 6.92 Å². The fraction of sp³-hybridized carbons (Fsp3) is 0.273. The zero-order valence-electron chi connectivity index (χ0n) is 11.6. The Labute approximate surface area is 122 Å². The number of nitrogen functional groups attached to an aromatic ring is 1. The number of nitrogens with two attached hydrogens (primary N) is 1. The predicted octanol–water partition coefficient (Wildman–Crippen LogP) is -0.185. The van der Waals surface area contributed by atoms with Crippen molar-refractivity contribution in [3.63, 3.8) is 0 Å². The van der Waals surface area contributed by atoms with E-state index in [4.69, 9.17) is 5.73 Å². The van der Waals surface area contributed by atoms with E-state index in [0.717, 1.165) is 0 Å². The number of rotatable bonds is 4. The summed E-state index contributed by atoms with van der Waals surface area (Å²) in [6.07, 6.45) is 2.76. The first-order chi connectivity index (χ1) is 10.5. The van der Waals surface area contributed by atoms with Gasteiger partial charge >= 0.3 is 5.95 Å². The summed E-state index contributed by atoms with van der Waals surface area (Å²) in [5.74, 6) is -0.264. The molecule has 0 atom stereocenters. The Hall–Kier alpha value is -3.24. The maximum Gasteiger partial charge on any atom is 0.434 e. The Balaban J connectivity index is 1.96. The largest absolute Gasteiger partial charge is 0.434 e. The van der Waals surface area contributed by atoms with Crippen LogP contribution in [-0.2, 0) is 13.1 Å². The molecular formula is C11H12N8O3. The lowest BCUT2D eigenvalue weighted by Gasteiger charge is -2.09.